The molecule has 0 saturated heterocycles. The highest BCUT2D eigenvalue weighted by Gasteiger charge is 2.34. The van der Waals surface area contributed by atoms with E-state index in [-0.39, 0.29) is 12.5 Å². The van der Waals surface area contributed by atoms with Crippen LogP contribution in [0.1, 0.15) is 27.0 Å². The number of thiophene rings is 1. The van der Waals surface area contributed by atoms with E-state index in [1.165, 1.54) is 13.0 Å². The number of carbonyl (C=O) groups is 2. The van der Waals surface area contributed by atoms with E-state index in [9.17, 15) is 27.6 Å². The topological polar surface area (TPSA) is 68.2 Å². The Balaban J connectivity index is 2.16. The van der Waals surface area contributed by atoms with Crippen molar-refractivity contribution in [3.05, 3.63) is 56.1 Å². The molecule has 5 nitrogen and oxygen atoms in total. The summed E-state index contributed by atoms with van der Waals surface area (Å²) in [5, 5.41) is 2.58. The predicted octanol–water partition coefficient (Wildman–Crippen LogP) is 2.45. The molecule has 0 saturated carbocycles. The lowest BCUT2D eigenvalue weighted by molar-refractivity contribution is -0.139. The second-order valence-corrected chi connectivity index (χ2v) is 6.12. The molecule has 0 spiro atoms. The monoisotopic (exact) mass is 358 g/mol. The first-order valence-electron chi connectivity index (χ1n) is 6.81. The highest BCUT2D eigenvalue weighted by Crippen LogP contribution is 2.26. The second-order valence-electron chi connectivity index (χ2n) is 4.95. The Morgan fingerprint density at radius 2 is 1.96 bits per heavy atom. The van der Waals surface area contributed by atoms with Gasteiger partial charge in [-0.2, -0.15) is 13.2 Å². The summed E-state index contributed by atoms with van der Waals surface area (Å²) in [6, 6.07) is 4.92. The molecule has 1 amide bonds. The molecule has 0 radical (unpaired) electrons. The van der Waals surface area contributed by atoms with E-state index < -0.39 is 29.6 Å². The minimum atomic E-state index is -4.77. The molecule has 2 heterocycles. The van der Waals surface area contributed by atoms with Crippen molar-refractivity contribution in [2.75, 3.05) is 0 Å². The minimum Gasteiger partial charge on any atom is -0.351 e. The summed E-state index contributed by atoms with van der Waals surface area (Å²) in [6.45, 7) is 1.14. The van der Waals surface area contributed by atoms with Crippen LogP contribution >= 0.6 is 11.3 Å². The number of carbonyl (C=O) groups excluding carboxylic acids is 2. The van der Waals surface area contributed by atoms with Crippen LogP contribution in [-0.4, -0.2) is 16.3 Å². The van der Waals surface area contributed by atoms with E-state index in [1.54, 1.807) is 6.07 Å². The van der Waals surface area contributed by atoms with Crippen LogP contribution in [0.5, 0.6) is 0 Å². The lowest BCUT2D eigenvalue weighted by atomic mass is 10.2. The number of pyridine rings is 1. The molecule has 0 bridgehead atoms. The van der Waals surface area contributed by atoms with Crippen molar-refractivity contribution >= 4 is 23.0 Å². The summed E-state index contributed by atoms with van der Waals surface area (Å²) >= 11 is 1.12. The first kappa shape index (κ1) is 17.9. The van der Waals surface area contributed by atoms with Gasteiger partial charge in [-0.05, 0) is 24.3 Å². The Bertz CT molecular complexity index is 824. The van der Waals surface area contributed by atoms with Gasteiger partial charge in [0.25, 0.3) is 5.56 Å². The molecule has 0 unspecified atom stereocenters. The summed E-state index contributed by atoms with van der Waals surface area (Å²) in [6.07, 6.45) is -3.63. The van der Waals surface area contributed by atoms with E-state index in [1.807, 2.05) is 0 Å². The fraction of sp³-hybridized carbons (Fsp3) is 0.267. The van der Waals surface area contributed by atoms with E-state index in [2.05, 4.69) is 5.32 Å². The molecule has 1 N–H and O–H groups in total. The van der Waals surface area contributed by atoms with E-state index in [0.717, 1.165) is 33.0 Å². The predicted molar refractivity (Wildman–Crippen MR) is 81.9 cm³/mol. The van der Waals surface area contributed by atoms with E-state index in [4.69, 9.17) is 0 Å². The summed E-state index contributed by atoms with van der Waals surface area (Å²) in [7, 11) is 0. The lowest BCUT2D eigenvalue weighted by Gasteiger charge is -2.09. The standard InChI is InChI=1S/C15H13F3N2O3S/c1-9(21)19-7-10-4-5-13(24-10)12(22)8-20-6-2-3-11(14(20)23)15(16,17)18/h2-6H,7-8H2,1H3,(H,19,21). The first-order valence-corrected chi connectivity index (χ1v) is 7.63. The van der Waals surface area contributed by atoms with Crippen LogP contribution in [0.2, 0.25) is 0 Å². The van der Waals surface area contributed by atoms with Gasteiger partial charge in [0.05, 0.1) is 18.0 Å². The summed E-state index contributed by atoms with van der Waals surface area (Å²) < 4.78 is 38.9. The van der Waals surface area contributed by atoms with Gasteiger partial charge in [0.2, 0.25) is 5.91 Å². The fourth-order valence-corrected chi connectivity index (χ4v) is 2.82. The van der Waals surface area contributed by atoms with Crippen molar-refractivity contribution in [1.29, 1.82) is 0 Å². The molecule has 0 atom stereocenters. The SMILES string of the molecule is CC(=O)NCc1ccc(C(=O)Cn2cccc(C(F)(F)F)c2=O)s1. The minimum absolute atomic E-state index is 0.216. The molecule has 0 aliphatic heterocycles. The first-order chi connectivity index (χ1) is 11.2. The van der Waals surface area contributed by atoms with Gasteiger partial charge in [0.1, 0.15) is 5.56 Å². The highest BCUT2D eigenvalue weighted by atomic mass is 32.1. The molecular formula is C15H13F3N2O3S. The maximum absolute atomic E-state index is 12.7. The molecule has 0 aliphatic rings. The number of Topliss-reactive ketones (excluding diaryl/α,β-unsaturated/α-hetero) is 1. The maximum atomic E-state index is 12.7. The number of halogens is 3. The van der Waals surface area contributed by atoms with Gasteiger partial charge >= 0.3 is 6.18 Å². The zero-order chi connectivity index (χ0) is 17.9. The van der Waals surface area contributed by atoms with Crippen molar-refractivity contribution in [1.82, 2.24) is 9.88 Å². The third-order valence-corrected chi connectivity index (χ3v) is 4.21. The van der Waals surface area contributed by atoms with Crippen LogP contribution < -0.4 is 10.9 Å². The van der Waals surface area contributed by atoms with Gasteiger partial charge in [0, 0.05) is 18.0 Å². The Morgan fingerprint density at radius 1 is 1.25 bits per heavy atom. The normalized spacial score (nSPS) is 11.3. The Morgan fingerprint density at radius 3 is 2.58 bits per heavy atom. The van der Waals surface area contributed by atoms with Crippen molar-refractivity contribution in [2.24, 2.45) is 0 Å². The molecule has 0 aliphatic carbocycles. The van der Waals surface area contributed by atoms with Crippen molar-refractivity contribution in [2.45, 2.75) is 26.2 Å². The number of rotatable bonds is 5. The third kappa shape index (κ3) is 4.31. The molecule has 2 aromatic heterocycles. The number of nitrogens with one attached hydrogen (secondary N) is 1. The molecule has 2 rings (SSSR count). The Hall–Kier alpha value is -2.42. The van der Waals surface area contributed by atoms with Gasteiger partial charge in [-0.3, -0.25) is 14.4 Å². The smallest absolute Gasteiger partial charge is 0.351 e. The largest absolute Gasteiger partial charge is 0.421 e. The maximum Gasteiger partial charge on any atom is 0.421 e. The summed E-state index contributed by atoms with van der Waals surface area (Å²) in [4.78, 5) is 35.9. The van der Waals surface area contributed by atoms with Crippen LogP contribution in [0.3, 0.4) is 0 Å². The third-order valence-electron chi connectivity index (χ3n) is 3.09. The van der Waals surface area contributed by atoms with Gasteiger partial charge in [-0.1, -0.05) is 0 Å². The van der Waals surface area contributed by atoms with Crippen molar-refractivity contribution < 1.29 is 22.8 Å². The number of alkyl halides is 3. The van der Waals surface area contributed by atoms with Crippen LogP contribution in [0.4, 0.5) is 13.2 Å². The molecule has 128 valence electrons. The lowest BCUT2D eigenvalue weighted by Crippen LogP contribution is -2.30. The molecule has 2 aromatic rings. The number of hydrogen-bond acceptors (Lipinski definition) is 4. The summed E-state index contributed by atoms with van der Waals surface area (Å²) in [5.41, 5.74) is -2.57. The Kier molecular flexibility index (Phi) is 5.23. The number of amides is 1. The van der Waals surface area contributed by atoms with Crippen LogP contribution in [0.25, 0.3) is 0 Å². The van der Waals surface area contributed by atoms with E-state index >= 15 is 0 Å². The van der Waals surface area contributed by atoms with Crippen molar-refractivity contribution in [3.63, 3.8) is 0 Å². The average Bonchev–Trinajstić information content (AvgIpc) is 2.95. The molecule has 9 heteroatoms. The van der Waals surface area contributed by atoms with Gasteiger partial charge in [0.15, 0.2) is 5.78 Å². The fourth-order valence-electron chi connectivity index (χ4n) is 1.94. The zero-order valence-corrected chi connectivity index (χ0v) is 13.3. The van der Waals surface area contributed by atoms with Crippen molar-refractivity contribution in [3.8, 4) is 0 Å². The van der Waals surface area contributed by atoms with Gasteiger partial charge < -0.3 is 9.88 Å². The number of hydrogen-bond donors (Lipinski definition) is 1. The van der Waals surface area contributed by atoms with Crippen LogP contribution in [0, 0.1) is 0 Å². The van der Waals surface area contributed by atoms with Crippen LogP contribution in [0.15, 0.2) is 35.3 Å². The van der Waals surface area contributed by atoms with Gasteiger partial charge in [-0.15, -0.1) is 11.3 Å². The number of ketones is 1. The zero-order valence-electron chi connectivity index (χ0n) is 12.5. The van der Waals surface area contributed by atoms with Gasteiger partial charge in [-0.25, -0.2) is 0 Å². The van der Waals surface area contributed by atoms with Crippen LogP contribution in [-0.2, 0) is 24.1 Å². The highest BCUT2D eigenvalue weighted by molar-refractivity contribution is 7.14. The van der Waals surface area contributed by atoms with E-state index in [0.29, 0.717) is 10.9 Å². The number of nitrogens with zero attached hydrogens (tertiary/aromatic N) is 1. The quantitative estimate of drug-likeness (QED) is 0.835. The summed E-state index contributed by atoms with van der Waals surface area (Å²) in [5.74, 6) is -0.692. The molecule has 24 heavy (non-hydrogen) atoms. The molecule has 0 fully saturated rings. The Labute approximate surface area is 138 Å². The second kappa shape index (κ2) is 7.00. The molecular weight excluding hydrogens is 345 g/mol. The molecule has 0 aromatic carbocycles. The number of aromatic nitrogens is 1. The average molecular weight is 358 g/mol.